The third-order valence-electron chi connectivity index (χ3n) is 5.16. The van der Waals surface area contributed by atoms with Crippen molar-refractivity contribution in [3.63, 3.8) is 0 Å². The molecule has 3 rings (SSSR count). The molecule has 0 aliphatic heterocycles. The van der Waals surface area contributed by atoms with E-state index in [1.165, 1.54) is 14.1 Å². The molecule has 0 atom stereocenters. The minimum atomic E-state index is -3.56. The van der Waals surface area contributed by atoms with E-state index in [4.69, 9.17) is 9.47 Å². The zero-order valence-electron chi connectivity index (χ0n) is 19.1. The molecule has 1 aromatic heterocycles. The van der Waals surface area contributed by atoms with E-state index in [0.29, 0.717) is 17.9 Å². The van der Waals surface area contributed by atoms with E-state index in [9.17, 15) is 13.2 Å². The quantitative estimate of drug-likeness (QED) is 0.455. The van der Waals surface area contributed by atoms with Gasteiger partial charge < -0.3 is 14.0 Å². The smallest absolute Gasteiger partial charge is 0.309 e. The minimum Gasteiger partial charge on any atom is -0.493 e. The van der Waals surface area contributed by atoms with Gasteiger partial charge in [-0.3, -0.25) is 4.79 Å². The summed E-state index contributed by atoms with van der Waals surface area (Å²) in [4.78, 5) is 16.9. The summed E-state index contributed by atoms with van der Waals surface area (Å²) in [6.45, 7) is 6.73. The van der Waals surface area contributed by atoms with Crippen molar-refractivity contribution in [3.05, 3.63) is 53.3 Å². The first kappa shape index (κ1) is 23.7. The number of ether oxygens (including phenoxy) is 2. The SMILES string of the molecule is CCn1c(COC(=O)CCOc2cc(C)ccc2C)nc2cc(S(=O)(=O)N(C)C)ccc21. The second-order valence-corrected chi connectivity index (χ2v) is 9.89. The average Bonchev–Trinajstić information content (AvgIpc) is 3.11. The fraction of sp³-hybridized carbons (Fsp3) is 0.391. The molecule has 9 heteroatoms. The van der Waals surface area contributed by atoms with Crippen LogP contribution in [0.3, 0.4) is 0 Å². The van der Waals surface area contributed by atoms with Crippen molar-refractivity contribution in [1.29, 1.82) is 0 Å². The van der Waals surface area contributed by atoms with E-state index >= 15 is 0 Å². The number of sulfonamides is 1. The Morgan fingerprint density at radius 1 is 1.12 bits per heavy atom. The normalized spacial score (nSPS) is 11.8. The van der Waals surface area contributed by atoms with Crippen molar-refractivity contribution in [3.8, 4) is 5.75 Å². The maximum Gasteiger partial charge on any atom is 0.309 e. The molecule has 2 aromatic carbocycles. The molecular formula is C23H29N3O5S. The summed E-state index contributed by atoms with van der Waals surface area (Å²) in [5, 5.41) is 0. The number of hydrogen-bond acceptors (Lipinski definition) is 6. The van der Waals surface area contributed by atoms with Crippen LogP contribution in [0.15, 0.2) is 41.3 Å². The van der Waals surface area contributed by atoms with E-state index in [1.807, 2.05) is 43.5 Å². The molecule has 172 valence electrons. The van der Waals surface area contributed by atoms with Gasteiger partial charge in [-0.25, -0.2) is 17.7 Å². The first-order valence-electron chi connectivity index (χ1n) is 10.4. The topological polar surface area (TPSA) is 90.7 Å². The van der Waals surface area contributed by atoms with Crippen LogP contribution in [0.4, 0.5) is 0 Å². The zero-order valence-corrected chi connectivity index (χ0v) is 19.9. The molecule has 0 bridgehead atoms. The predicted molar refractivity (Wildman–Crippen MR) is 122 cm³/mol. The summed E-state index contributed by atoms with van der Waals surface area (Å²) >= 11 is 0. The summed E-state index contributed by atoms with van der Waals surface area (Å²) < 4.78 is 39.0. The molecule has 3 aromatic rings. The van der Waals surface area contributed by atoms with Crippen LogP contribution in [0.2, 0.25) is 0 Å². The highest BCUT2D eigenvalue weighted by Crippen LogP contribution is 2.23. The van der Waals surface area contributed by atoms with Gasteiger partial charge in [0.1, 0.15) is 18.2 Å². The number of esters is 1. The number of aryl methyl sites for hydroxylation is 3. The lowest BCUT2D eigenvalue weighted by atomic mass is 10.1. The fourth-order valence-electron chi connectivity index (χ4n) is 3.32. The first-order chi connectivity index (χ1) is 15.1. The van der Waals surface area contributed by atoms with Crippen molar-refractivity contribution < 1.29 is 22.7 Å². The van der Waals surface area contributed by atoms with Crippen LogP contribution in [0.25, 0.3) is 11.0 Å². The second-order valence-electron chi connectivity index (χ2n) is 7.74. The van der Waals surface area contributed by atoms with Crippen LogP contribution >= 0.6 is 0 Å². The molecule has 0 amide bonds. The van der Waals surface area contributed by atoms with Crippen LogP contribution in [-0.4, -0.2) is 48.9 Å². The highest BCUT2D eigenvalue weighted by atomic mass is 32.2. The summed E-state index contributed by atoms with van der Waals surface area (Å²) in [6, 6.07) is 10.8. The molecule has 0 spiro atoms. The Bertz CT molecular complexity index is 1230. The van der Waals surface area contributed by atoms with E-state index < -0.39 is 10.0 Å². The zero-order chi connectivity index (χ0) is 23.5. The largest absolute Gasteiger partial charge is 0.493 e. The van der Waals surface area contributed by atoms with Crippen molar-refractivity contribution in [2.24, 2.45) is 0 Å². The first-order valence-corrected chi connectivity index (χ1v) is 11.8. The summed E-state index contributed by atoms with van der Waals surface area (Å²) in [5.74, 6) is 0.931. The van der Waals surface area contributed by atoms with Gasteiger partial charge in [0.05, 0.1) is 29.0 Å². The van der Waals surface area contributed by atoms with Crippen LogP contribution in [0, 0.1) is 13.8 Å². The second kappa shape index (κ2) is 9.70. The Kier molecular flexibility index (Phi) is 7.20. The fourth-order valence-corrected chi connectivity index (χ4v) is 4.24. The van der Waals surface area contributed by atoms with Gasteiger partial charge in [0, 0.05) is 20.6 Å². The maximum atomic E-state index is 12.4. The van der Waals surface area contributed by atoms with Crippen molar-refractivity contribution in [1.82, 2.24) is 13.9 Å². The summed E-state index contributed by atoms with van der Waals surface area (Å²) in [7, 11) is -0.588. The molecule has 0 unspecified atom stereocenters. The van der Waals surface area contributed by atoms with Gasteiger partial charge in [-0.05, 0) is 56.2 Å². The number of fused-ring (bicyclic) bond motifs is 1. The van der Waals surface area contributed by atoms with Gasteiger partial charge in [-0.1, -0.05) is 12.1 Å². The molecule has 0 saturated heterocycles. The Morgan fingerprint density at radius 2 is 1.88 bits per heavy atom. The van der Waals surface area contributed by atoms with Crippen LogP contribution in [0.1, 0.15) is 30.3 Å². The van der Waals surface area contributed by atoms with E-state index in [1.54, 1.807) is 18.2 Å². The number of rotatable bonds is 9. The highest BCUT2D eigenvalue weighted by molar-refractivity contribution is 7.89. The van der Waals surface area contributed by atoms with E-state index in [2.05, 4.69) is 4.98 Å². The monoisotopic (exact) mass is 459 g/mol. The number of imidazole rings is 1. The molecule has 0 aliphatic rings. The van der Waals surface area contributed by atoms with Gasteiger partial charge in [0.2, 0.25) is 10.0 Å². The molecular weight excluding hydrogens is 430 g/mol. The van der Waals surface area contributed by atoms with Crippen LogP contribution < -0.4 is 4.74 Å². The number of carbonyl (C=O) groups excluding carboxylic acids is 1. The van der Waals surface area contributed by atoms with Crippen LogP contribution in [-0.2, 0) is 32.7 Å². The molecule has 0 saturated carbocycles. The standard InChI is InChI=1S/C23H29N3O5S/c1-6-26-20-10-9-18(32(28,29)25(4)5)14-19(20)24-22(26)15-31-23(27)11-12-30-21-13-16(2)7-8-17(21)3/h7-10,13-14H,6,11-12,15H2,1-5H3. The maximum absolute atomic E-state index is 12.4. The number of nitrogens with zero attached hydrogens (tertiary/aromatic N) is 3. The molecule has 32 heavy (non-hydrogen) atoms. The van der Waals surface area contributed by atoms with E-state index in [-0.39, 0.29) is 30.5 Å². The van der Waals surface area contributed by atoms with Crippen molar-refractivity contribution in [2.75, 3.05) is 20.7 Å². The molecule has 0 aliphatic carbocycles. The molecule has 1 heterocycles. The van der Waals surface area contributed by atoms with Gasteiger partial charge in [-0.15, -0.1) is 0 Å². The van der Waals surface area contributed by atoms with Crippen LogP contribution in [0.5, 0.6) is 5.75 Å². The van der Waals surface area contributed by atoms with Gasteiger partial charge >= 0.3 is 5.97 Å². The lowest BCUT2D eigenvalue weighted by Gasteiger charge is -2.11. The Morgan fingerprint density at radius 3 is 2.56 bits per heavy atom. The lowest BCUT2D eigenvalue weighted by molar-refractivity contribution is -0.145. The number of hydrogen-bond donors (Lipinski definition) is 0. The van der Waals surface area contributed by atoms with E-state index in [0.717, 1.165) is 26.7 Å². The minimum absolute atomic E-state index is 0.000585. The summed E-state index contributed by atoms with van der Waals surface area (Å²) in [5.41, 5.74) is 3.43. The Hall–Kier alpha value is -2.91. The highest BCUT2D eigenvalue weighted by Gasteiger charge is 2.20. The molecule has 0 radical (unpaired) electrons. The number of aromatic nitrogens is 2. The average molecular weight is 460 g/mol. The van der Waals surface area contributed by atoms with Gasteiger partial charge in [0.15, 0.2) is 0 Å². The van der Waals surface area contributed by atoms with Crippen molar-refractivity contribution >= 4 is 27.0 Å². The van der Waals surface area contributed by atoms with Gasteiger partial charge in [0.25, 0.3) is 0 Å². The third-order valence-corrected chi connectivity index (χ3v) is 6.97. The lowest BCUT2D eigenvalue weighted by Crippen LogP contribution is -2.22. The molecule has 8 nitrogen and oxygen atoms in total. The Balaban J connectivity index is 1.66. The number of carbonyl (C=O) groups is 1. The number of benzene rings is 2. The van der Waals surface area contributed by atoms with Crippen molar-refractivity contribution in [2.45, 2.75) is 45.2 Å². The molecule has 0 fully saturated rings. The third kappa shape index (κ3) is 5.11. The van der Waals surface area contributed by atoms with Gasteiger partial charge in [-0.2, -0.15) is 0 Å². The Labute approximate surface area is 188 Å². The molecule has 0 N–H and O–H groups in total. The predicted octanol–water partition coefficient (Wildman–Crippen LogP) is 3.44. The summed E-state index contributed by atoms with van der Waals surface area (Å²) in [6.07, 6.45) is 0.116.